The van der Waals surface area contributed by atoms with Crippen molar-refractivity contribution in [1.29, 1.82) is 0 Å². The Morgan fingerprint density at radius 3 is 1.50 bits per heavy atom. The lowest BCUT2D eigenvalue weighted by atomic mass is 10.0. The molecule has 0 aromatic heterocycles. The summed E-state index contributed by atoms with van der Waals surface area (Å²) in [5.41, 5.74) is 4.48. The van der Waals surface area contributed by atoms with Crippen molar-refractivity contribution in [1.82, 2.24) is 31.9 Å². The fourth-order valence-corrected chi connectivity index (χ4v) is 7.97. The molecule has 0 radical (unpaired) electrons. The minimum absolute atomic E-state index is 0.0349. The number of nitrogens with two attached hydrogens (primary N) is 1. The largest absolute Gasteiger partial charge is 0.467 e. The maximum Gasteiger partial charge on any atom is 0.329 e. The Kier molecular flexibility index (Phi) is 26.4. The van der Waals surface area contributed by atoms with Gasteiger partial charge in [-0.2, -0.15) is 0 Å². The molecule has 0 saturated heterocycles. The van der Waals surface area contributed by atoms with Gasteiger partial charge in [-0.05, 0) is 156 Å². The SMILES string of the molecule is COC(=O)C(CCCCNC(=O)C(Cc1ccc2ccccc2c1)NC(=O)c1ccc(CNC(=O)C(CCC(=O)OC(C)(C)C)NC(=O)C(N)CCC(=O)OC(C)(C)C)cc1)NC(=O)N[C@@H](CCC(=O)OC(C)(C)C)C(=O)OC(C)(C)C. The van der Waals surface area contributed by atoms with Crippen LogP contribution in [0.15, 0.2) is 66.7 Å². The number of fused-ring (bicyclic) bond motifs is 1. The molecular formula is C60H87N7O15. The molecule has 3 aromatic carbocycles. The van der Waals surface area contributed by atoms with Gasteiger partial charge in [0.05, 0.1) is 13.2 Å². The second-order valence-electron chi connectivity index (χ2n) is 23.9. The van der Waals surface area contributed by atoms with E-state index >= 15 is 0 Å². The number of hydrogen-bond donors (Lipinski definition) is 7. The van der Waals surface area contributed by atoms with Gasteiger partial charge < -0.3 is 61.3 Å². The maximum absolute atomic E-state index is 13.9. The van der Waals surface area contributed by atoms with E-state index in [1.807, 2.05) is 42.5 Å². The lowest BCUT2D eigenvalue weighted by molar-refractivity contribution is -0.159. The van der Waals surface area contributed by atoms with Crippen molar-refractivity contribution >= 4 is 70.3 Å². The standard InChI is InChI=1S/C60H87N7O15/c1-57(2,3)79-47(68)30-27-42(61)51(72)64-43(28-31-48(69)80-58(4,5)6)52(73)63-36-37-21-25-40(26-22-37)50(71)65-46(35-38-23-24-39-18-14-15-19-41(39)34-38)53(74)62-33-17-16-20-44(54(75)78-13)66-56(77)67-45(55(76)82-60(10,11)12)29-32-49(70)81-59(7,8)9/h14-15,18-19,21-26,34,42-46H,16-17,20,27-33,35-36,61H2,1-13H3,(H,62,74)(H,63,73)(H,64,72)(H,65,71)(H2,66,67,77)/t42?,43?,44?,45-,46?/m0/s1. The zero-order valence-electron chi connectivity index (χ0n) is 49.9. The topological polar surface area (TPSA) is 315 Å². The molecule has 452 valence electrons. The normalized spacial score (nSPS) is 13.6. The van der Waals surface area contributed by atoms with Crippen molar-refractivity contribution in [3.05, 3.63) is 83.4 Å². The second kappa shape index (κ2) is 31.6. The summed E-state index contributed by atoms with van der Waals surface area (Å²) in [6.45, 7) is 20.4. The number of benzene rings is 3. The Labute approximate surface area is 481 Å². The predicted octanol–water partition coefficient (Wildman–Crippen LogP) is 5.81. The molecule has 3 rings (SSSR count). The van der Waals surface area contributed by atoms with Gasteiger partial charge in [0.1, 0.15) is 46.6 Å². The van der Waals surface area contributed by atoms with Crippen LogP contribution in [0, 0.1) is 0 Å². The van der Waals surface area contributed by atoms with E-state index in [1.165, 1.54) is 12.1 Å². The van der Waals surface area contributed by atoms with E-state index in [4.69, 9.17) is 29.4 Å². The van der Waals surface area contributed by atoms with Gasteiger partial charge in [0, 0.05) is 44.3 Å². The fraction of sp³-hybridized carbons (Fsp3) is 0.567. The van der Waals surface area contributed by atoms with Crippen LogP contribution in [0.25, 0.3) is 10.8 Å². The molecule has 0 aliphatic heterocycles. The number of carbonyl (C=O) groups is 10. The first-order valence-corrected chi connectivity index (χ1v) is 27.6. The molecule has 0 spiro atoms. The first-order chi connectivity index (χ1) is 38.1. The zero-order valence-corrected chi connectivity index (χ0v) is 49.9. The number of methoxy groups -OCH3 is 1. The van der Waals surface area contributed by atoms with E-state index in [-0.39, 0.29) is 70.0 Å². The monoisotopic (exact) mass is 1150 g/mol. The molecule has 0 saturated carbocycles. The van der Waals surface area contributed by atoms with Crippen LogP contribution in [0.5, 0.6) is 0 Å². The molecule has 0 aliphatic carbocycles. The molecule has 82 heavy (non-hydrogen) atoms. The van der Waals surface area contributed by atoms with Gasteiger partial charge >= 0.3 is 35.9 Å². The smallest absolute Gasteiger partial charge is 0.329 e. The van der Waals surface area contributed by atoms with Crippen molar-refractivity contribution in [3.8, 4) is 0 Å². The van der Waals surface area contributed by atoms with E-state index in [0.29, 0.717) is 18.4 Å². The Morgan fingerprint density at radius 1 is 0.476 bits per heavy atom. The summed E-state index contributed by atoms with van der Waals surface area (Å²) in [7, 11) is 1.16. The average molecular weight is 1150 g/mol. The van der Waals surface area contributed by atoms with Gasteiger partial charge in [-0.25, -0.2) is 14.4 Å². The molecule has 8 N–H and O–H groups in total. The zero-order chi connectivity index (χ0) is 61.6. The van der Waals surface area contributed by atoms with Crippen LogP contribution < -0.4 is 37.6 Å². The Bertz CT molecular complexity index is 2680. The molecule has 4 unspecified atom stereocenters. The number of hydrogen-bond acceptors (Lipinski definition) is 16. The number of urea groups is 1. The predicted molar refractivity (Wildman–Crippen MR) is 306 cm³/mol. The van der Waals surface area contributed by atoms with Crippen molar-refractivity contribution < 1.29 is 71.6 Å². The molecule has 3 aromatic rings. The van der Waals surface area contributed by atoms with E-state index in [0.717, 1.165) is 23.4 Å². The van der Waals surface area contributed by atoms with Gasteiger partial charge in [-0.1, -0.05) is 54.6 Å². The highest BCUT2D eigenvalue weighted by Crippen LogP contribution is 2.19. The van der Waals surface area contributed by atoms with Crippen LogP contribution in [0.1, 0.15) is 162 Å². The number of nitrogens with one attached hydrogen (secondary N) is 6. The van der Waals surface area contributed by atoms with Gasteiger partial charge in [0.25, 0.3) is 5.91 Å². The van der Waals surface area contributed by atoms with E-state index in [9.17, 15) is 47.9 Å². The highest BCUT2D eigenvalue weighted by Gasteiger charge is 2.32. The Balaban J connectivity index is 1.69. The molecular weight excluding hydrogens is 1060 g/mol. The molecule has 22 heteroatoms. The first kappa shape index (κ1) is 68.7. The highest BCUT2D eigenvalue weighted by atomic mass is 16.6. The third-order valence-corrected chi connectivity index (χ3v) is 11.7. The number of rotatable bonds is 28. The van der Waals surface area contributed by atoms with E-state index in [2.05, 4.69) is 31.9 Å². The van der Waals surface area contributed by atoms with Gasteiger partial charge in [-0.3, -0.25) is 33.6 Å². The van der Waals surface area contributed by atoms with Crippen molar-refractivity contribution in [2.75, 3.05) is 13.7 Å². The first-order valence-electron chi connectivity index (χ1n) is 27.6. The fourth-order valence-electron chi connectivity index (χ4n) is 7.97. The summed E-state index contributed by atoms with van der Waals surface area (Å²) in [6, 6.07) is 13.0. The van der Waals surface area contributed by atoms with Crippen LogP contribution in [-0.2, 0) is 75.0 Å². The quantitative estimate of drug-likeness (QED) is 0.0256. The second-order valence-corrected chi connectivity index (χ2v) is 23.9. The number of ether oxygens (including phenoxy) is 5. The van der Waals surface area contributed by atoms with Crippen molar-refractivity contribution in [3.63, 3.8) is 0 Å². The van der Waals surface area contributed by atoms with Crippen LogP contribution in [0.3, 0.4) is 0 Å². The molecule has 0 fully saturated rings. The summed E-state index contributed by atoms with van der Waals surface area (Å²) < 4.78 is 26.5. The lowest BCUT2D eigenvalue weighted by Gasteiger charge is -2.26. The van der Waals surface area contributed by atoms with Crippen LogP contribution in [0.4, 0.5) is 4.79 Å². The van der Waals surface area contributed by atoms with Gasteiger partial charge in [0.2, 0.25) is 17.7 Å². The number of esters is 5. The summed E-state index contributed by atoms with van der Waals surface area (Å²) in [5.74, 6) is -5.61. The molecule has 0 bridgehead atoms. The summed E-state index contributed by atoms with van der Waals surface area (Å²) >= 11 is 0. The summed E-state index contributed by atoms with van der Waals surface area (Å²) in [6.07, 6.45) is 0.0199. The molecule has 0 aliphatic rings. The van der Waals surface area contributed by atoms with E-state index < -0.39 is 112 Å². The molecule has 5 atom stereocenters. The summed E-state index contributed by atoms with van der Waals surface area (Å²) in [5, 5.41) is 18.1. The number of carbonyl (C=O) groups excluding carboxylic acids is 10. The highest BCUT2D eigenvalue weighted by molar-refractivity contribution is 5.98. The maximum atomic E-state index is 13.9. The third kappa shape index (κ3) is 27.2. The van der Waals surface area contributed by atoms with Crippen molar-refractivity contribution in [2.24, 2.45) is 5.73 Å². The number of unbranched alkanes of at least 4 members (excludes halogenated alkanes) is 1. The van der Waals surface area contributed by atoms with Gasteiger partial charge in [-0.15, -0.1) is 0 Å². The van der Waals surface area contributed by atoms with Crippen LogP contribution in [0.2, 0.25) is 0 Å². The summed E-state index contributed by atoms with van der Waals surface area (Å²) in [4.78, 5) is 131. The average Bonchev–Trinajstić information content (AvgIpc) is 3.40. The molecule has 6 amide bonds. The third-order valence-electron chi connectivity index (χ3n) is 11.7. The number of amides is 6. The van der Waals surface area contributed by atoms with Crippen LogP contribution >= 0.6 is 0 Å². The Morgan fingerprint density at radius 2 is 0.963 bits per heavy atom. The van der Waals surface area contributed by atoms with Gasteiger partial charge in [0.15, 0.2) is 0 Å². The van der Waals surface area contributed by atoms with Crippen LogP contribution in [-0.4, -0.2) is 126 Å². The molecule has 22 nitrogen and oxygen atoms in total. The lowest BCUT2D eigenvalue weighted by Crippen LogP contribution is -2.52. The van der Waals surface area contributed by atoms with E-state index in [1.54, 1.807) is 95.2 Å². The minimum atomic E-state index is -1.26. The molecule has 0 heterocycles. The Hall–Kier alpha value is -7.62. The minimum Gasteiger partial charge on any atom is -0.467 e. The van der Waals surface area contributed by atoms with Crippen molar-refractivity contribution in [2.45, 2.75) is 206 Å².